The number of amides is 2. The lowest BCUT2D eigenvalue weighted by molar-refractivity contribution is 0.193. The van der Waals surface area contributed by atoms with E-state index in [1.165, 1.54) is 0 Å². The summed E-state index contributed by atoms with van der Waals surface area (Å²) < 4.78 is 10.4. The SMILES string of the molecule is COCCCNC(=O)NC(c1ccccc1)c1ccco1. The Morgan fingerprint density at radius 3 is 2.71 bits per heavy atom. The van der Waals surface area contributed by atoms with Crippen LogP contribution in [0.1, 0.15) is 23.8 Å². The summed E-state index contributed by atoms with van der Waals surface area (Å²) in [6, 6.07) is 12.9. The molecule has 0 radical (unpaired) electrons. The van der Waals surface area contributed by atoms with Gasteiger partial charge in [-0.25, -0.2) is 4.79 Å². The molecule has 5 heteroatoms. The molecule has 0 fully saturated rings. The number of hydrogen-bond acceptors (Lipinski definition) is 3. The summed E-state index contributed by atoms with van der Waals surface area (Å²) in [5.41, 5.74) is 0.972. The van der Waals surface area contributed by atoms with E-state index in [0.717, 1.165) is 12.0 Å². The minimum absolute atomic E-state index is 0.226. The molecule has 1 aromatic heterocycles. The molecule has 2 rings (SSSR count). The highest BCUT2D eigenvalue weighted by atomic mass is 16.5. The fourth-order valence-electron chi connectivity index (χ4n) is 2.02. The van der Waals surface area contributed by atoms with E-state index in [1.54, 1.807) is 13.4 Å². The van der Waals surface area contributed by atoms with E-state index in [-0.39, 0.29) is 12.1 Å². The zero-order valence-electron chi connectivity index (χ0n) is 12.0. The van der Waals surface area contributed by atoms with Crippen molar-refractivity contribution in [2.45, 2.75) is 12.5 Å². The van der Waals surface area contributed by atoms with Crippen molar-refractivity contribution in [1.29, 1.82) is 0 Å². The Labute approximate surface area is 124 Å². The summed E-state index contributed by atoms with van der Waals surface area (Å²) in [6.45, 7) is 1.19. The van der Waals surface area contributed by atoms with E-state index in [4.69, 9.17) is 9.15 Å². The quantitative estimate of drug-likeness (QED) is 0.770. The van der Waals surface area contributed by atoms with Crippen LogP contribution in [0, 0.1) is 0 Å². The molecule has 0 saturated carbocycles. The lowest BCUT2D eigenvalue weighted by atomic mass is 10.1. The minimum Gasteiger partial charge on any atom is -0.467 e. The molecule has 2 N–H and O–H groups in total. The first-order valence-electron chi connectivity index (χ1n) is 6.93. The van der Waals surface area contributed by atoms with Crippen molar-refractivity contribution >= 4 is 6.03 Å². The molecule has 112 valence electrons. The second-order valence-corrected chi connectivity index (χ2v) is 4.61. The molecule has 0 aliphatic heterocycles. The lowest BCUT2D eigenvalue weighted by Gasteiger charge is -2.17. The number of methoxy groups -OCH3 is 1. The molecule has 0 saturated heterocycles. The molecular weight excluding hydrogens is 268 g/mol. The first kappa shape index (κ1) is 15.1. The molecule has 2 aromatic rings. The Kier molecular flexibility index (Phi) is 5.84. The monoisotopic (exact) mass is 288 g/mol. The van der Waals surface area contributed by atoms with Crippen molar-refractivity contribution in [3.05, 3.63) is 60.1 Å². The van der Waals surface area contributed by atoms with Gasteiger partial charge in [0, 0.05) is 20.3 Å². The standard InChI is InChI=1S/C16H20N2O3/c1-20-11-6-10-17-16(19)18-15(14-9-5-12-21-14)13-7-3-2-4-8-13/h2-5,7-9,12,15H,6,10-11H2,1H3,(H2,17,18,19). The molecule has 5 nitrogen and oxygen atoms in total. The zero-order valence-corrected chi connectivity index (χ0v) is 12.0. The van der Waals surface area contributed by atoms with E-state index in [0.29, 0.717) is 18.9 Å². The van der Waals surface area contributed by atoms with Gasteiger partial charge in [0.2, 0.25) is 0 Å². The lowest BCUT2D eigenvalue weighted by Crippen LogP contribution is -2.38. The Hall–Kier alpha value is -2.27. The van der Waals surface area contributed by atoms with E-state index in [1.807, 2.05) is 42.5 Å². The van der Waals surface area contributed by atoms with Crippen LogP contribution in [0.4, 0.5) is 4.79 Å². The van der Waals surface area contributed by atoms with E-state index >= 15 is 0 Å². The Balaban J connectivity index is 1.99. The summed E-state index contributed by atoms with van der Waals surface area (Å²) in [6.07, 6.45) is 2.38. The maximum atomic E-state index is 12.0. The van der Waals surface area contributed by atoms with Gasteiger partial charge in [-0.2, -0.15) is 0 Å². The van der Waals surface area contributed by atoms with Crippen molar-refractivity contribution in [2.24, 2.45) is 0 Å². The molecule has 1 heterocycles. The first-order chi connectivity index (χ1) is 10.3. The van der Waals surface area contributed by atoms with Gasteiger partial charge in [-0.15, -0.1) is 0 Å². The van der Waals surface area contributed by atoms with Crippen molar-refractivity contribution in [2.75, 3.05) is 20.3 Å². The predicted octanol–water partition coefficient (Wildman–Crippen LogP) is 2.70. The number of nitrogens with one attached hydrogen (secondary N) is 2. The van der Waals surface area contributed by atoms with Gasteiger partial charge in [-0.05, 0) is 24.1 Å². The Morgan fingerprint density at radius 2 is 2.05 bits per heavy atom. The second kappa shape index (κ2) is 8.11. The van der Waals surface area contributed by atoms with Crippen LogP contribution >= 0.6 is 0 Å². The number of rotatable bonds is 7. The minimum atomic E-state index is -0.302. The van der Waals surface area contributed by atoms with E-state index < -0.39 is 0 Å². The second-order valence-electron chi connectivity index (χ2n) is 4.61. The summed E-state index contributed by atoms with van der Waals surface area (Å²) in [5, 5.41) is 5.74. The third-order valence-electron chi connectivity index (χ3n) is 3.05. The molecular formula is C16H20N2O3. The van der Waals surface area contributed by atoms with Gasteiger partial charge in [0.25, 0.3) is 0 Å². The molecule has 0 aliphatic rings. The summed E-state index contributed by atoms with van der Waals surface area (Å²) in [5.74, 6) is 0.702. The molecule has 1 aromatic carbocycles. The van der Waals surface area contributed by atoms with Gasteiger partial charge in [-0.1, -0.05) is 30.3 Å². The largest absolute Gasteiger partial charge is 0.467 e. The highest BCUT2D eigenvalue weighted by Gasteiger charge is 2.18. The summed E-state index contributed by atoms with van der Waals surface area (Å²) >= 11 is 0. The maximum absolute atomic E-state index is 12.0. The predicted molar refractivity (Wildman–Crippen MR) is 80.0 cm³/mol. The Morgan fingerprint density at radius 1 is 1.24 bits per heavy atom. The third kappa shape index (κ3) is 4.65. The van der Waals surface area contributed by atoms with E-state index in [2.05, 4.69) is 10.6 Å². The van der Waals surface area contributed by atoms with Crippen LogP contribution in [-0.4, -0.2) is 26.3 Å². The number of benzene rings is 1. The summed E-state index contributed by atoms with van der Waals surface area (Å²) in [7, 11) is 1.64. The maximum Gasteiger partial charge on any atom is 0.315 e. The number of carbonyl (C=O) groups is 1. The number of furan rings is 1. The highest BCUT2D eigenvalue weighted by Crippen LogP contribution is 2.22. The third-order valence-corrected chi connectivity index (χ3v) is 3.05. The van der Waals surface area contributed by atoms with Gasteiger partial charge in [-0.3, -0.25) is 0 Å². The topological polar surface area (TPSA) is 63.5 Å². The Bertz CT molecular complexity index is 526. The first-order valence-corrected chi connectivity index (χ1v) is 6.93. The molecule has 1 atom stereocenters. The van der Waals surface area contributed by atoms with Crippen LogP contribution in [0.5, 0.6) is 0 Å². The summed E-state index contributed by atoms with van der Waals surface area (Å²) in [4.78, 5) is 12.0. The van der Waals surface area contributed by atoms with Crippen molar-refractivity contribution < 1.29 is 13.9 Å². The highest BCUT2D eigenvalue weighted by molar-refractivity contribution is 5.74. The van der Waals surface area contributed by atoms with Crippen LogP contribution in [0.15, 0.2) is 53.1 Å². The normalized spacial score (nSPS) is 11.9. The number of hydrogen-bond donors (Lipinski definition) is 2. The van der Waals surface area contributed by atoms with Crippen LogP contribution in [0.25, 0.3) is 0 Å². The molecule has 0 bridgehead atoms. The van der Waals surface area contributed by atoms with Crippen LogP contribution in [0.2, 0.25) is 0 Å². The number of urea groups is 1. The van der Waals surface area contributed by atoms with Crippen LogP contribution < -0.4 is 10.6 Å². The molecule has 1 unspecified atom stereocenters. The van der Waals surface area contributed by atoms with Crippen molar-refractivity contribution in [3.63, 3.8) is 0 Å². The van der Waals surface area contributed by atoms with Crippen LogP contribution in [0.3, 0.4) is 0 Å². The van der Waals surface area contributed by atoms with E-state index in [9.17, 15) is 4.79 Å². The van der Waals surface area contributed by atoms with Crippen molar-refractivity contribution in [1.82, 2.24) is 10.6 Å². The van der Waals surface area contributed by atoms with Crippen molar-refractivity contribution in [3.8, 4) is 0 Å². The molecule has 2 amide bonds. The smallest absolute Gasteiger partial charge is 0.315 e. The van der Waals surface area contributed by atoms with Gasteiger partial charge in [0.05, 0.1) is 6.26 Å². The fourth-order valence-corrected chi connectivity index (χ4v) is 2.02. The molecule has 0 aliphatic carbocycles. The average molecular weight is 288 g/mol. The van der Waals surface area contributed by atoms with Gasteiger partial charge >= 0.3 is 6.03 Å². The van der Waals surface area contributed by atoms with Gasteiger partial charge in [0.1, 0.15) is 11.8 Å². The van der Waals surface area contributed by atoms with Gasteiger partial charge in [0.15, 0.2) is 0 Å². The molecule has 0 spiro atoms. The molecule has 21 heavy (non-hydrogen) atoms. The average Bonchev–Trinajstić information content (AvgIpc) is 3.04. The number of ether oxygens (including phenoxy) is 1. The van der Waals surface area contributed by atoms with Gasteiger partial charge < -0.3 is 19.8 Å². The number of carbonyl (C=O) groups excluding carboxylic acids is 1. The zero-order chi connectivity index (χ0) is 14.9. The fraction of sp³-hybridized carbons (Fsp3) is 0.312. The van der Waals surface area contributed by atoms with Crippen LogP contribution in [-0.2, 0) is 4.74 Å².